The summed E-state index contributed by atoms with van der Waals surface area (Å²) in [4.78, 5) is 18.2. The van der Waals surface area contributed by atoms with E-state index in [2.05, 4.69) is 71.4 Å². The van der Waals surface area contributed by atoms with Gasteiger partial charge >= 0.3 is 0 Å². The minimum Gasteiger partial charge on any atom is -0.348 e. The van der Waals surface area contributed by atoms with Gasteiger partial charge < -0.3 is 15.5 Å². The van der Waals surface area contributed by atoms with Crippen molar-refractivity contribution in [3.63, 3.8) is 0 Å². The number of hydrogen-bond donors (Lipinski definition) is 2. The Bertz CT molecular complexity index is 851. The van der Waals surface area contributed by atoms with Gasteiger partial charge in [-0.15, -0.1) is 5.10 Å². The largest absolute Gasteiger partial charge is 0.348 e. The number of hydrogen-bond acceptors (Lipinski definition) is 6. The lowest BCUT2D eigenvalue weighted by Gasteiger charge is -2.32. The number of aromatic nitrogens is 3. The highest BCUT2D eigenvalue weighted by Crippen LogP contribution is 2.24. The summed E-state index contributed by atoms with van der Waals surface area (Å²) in [5, 5.41) is 14.7. The van der Waals surface area contributed by atoms with Crippen LogP contribution in [0.25, 0.3) is 0 Å². The number of amides is 1. The van der Waals surface area contributed by atoms with E-state index in [1.54, 1.807) is 11.1 Å². The molecule has 7 heteroatoms. The zero-order chi connectivity index (χ0) is 20.1. The number of carbonyl (C=O) groups excluding carboxylic acids is 1. The zero-order valence-electron chi connectivity index (χ0n) is 16.8. The second kappa shape index (κ2) is 8.82. The Morgan fingerprint density at radius 1 is 1.39 bits per heavy atom. The summed E-state index contributed by atoms with van der Waals surface area (Å²) in [5.74, 6) is 1.54. The van der Waals surface area contributed by atoms with E-state index in [1.807, 2.05) is 0 Å². The SMILES string of the molecule is C=CC(=O)N1CCCC(Nc2nncc(Nc3ccc(C(C)C)c(C)c3)n2)C1. The summed E-state index contributed by atoms with van der Waals surface area (Å²) in [7, 11) is 0. The molecule has 0 aliphatic carbocycles. The minimum absolute atomic E-state index is 0.0406. The molecule has 1 aliphatic heterocycles. The molecule has 1 aliphatic rings. The van der Waals surface area contributed by atoms with Crippen molar-refractivity contribution in [2.24, 2.45) is 0 Å². The van der Waals surface area contributed by atoms with Gasteiger partial charge in [0.15, 0.2) is 5.82 Å². The molecule has 0 saturated carbocycles. The Hall–Kier alpha value is -2.96. The first kappa shape index (κ1) is 19.8. The number of anilines is 3. The fourth-order valence-corrected chi connectivity index (χ4v) is 3.58. The summed E-state index contributed by atoms with van der Waals surface area (Å²) in [6.07, 6.45) is 4.85. The molecule has 2 heterocycles. The molecule has 0 radical (unpaired) electrons. The van der Waals surface area contributed by atoms with E-state index in [-0.39, 0.29) is 11.9 Å². The summed E-state index contributed by atoms with van der Waals surface area (Å²) in [6, 6.07) is 6.41. The van der Waals surface area contributed by atoms with Crippen LogP contribution in [0.4, 0.5) is 17.5 Å². The van der Waals surface area contributed by atoms with E-state index in [0.717, 1.165) is 25.1 Å². The van der Waals surface area contributed by atoms with E-state index in [1.165, 1.54) is 17.2 Å². The second-order valence-corrected chi connectivity index (χ2v) is 7.49. The first-order chi connectivity index (χ1) is 13.5. The van der Waals surface area contributed by atoms with Crippen LogP contribution in [0.5, 0.6) is 0 Å². The quantitative estimate of drug-likeness (QED) is 0.745. The lowest BCUT2D eigenvalue weighted by molar-refractivity contribution is -0.127. The number of nitrogens with one attached hydrogen (secondary N) is 2. The second-order valence-electron chi connectivity index (χ2n) is 7.49. The number of likely N-dealkylation sites (tertiary alicyclic amines) is 1. The maximum Gasteiger partial charge on any atom is 0.246 e. The molecule has 28 heavy (non-hydrogen) atoms. The third kappa shape index (κ3) is 4.85. The summed E-state index contributed by atoms with van der Waals surface area (Å²) < 4.78 is 0. The monoisotopic (exact) mass is 380 g/mol. The predicted octanol–water partition coefficient (Wildman–Crippen LogP) is 3.64. The number of nitrogens with zero attached hydrogens (tertiary/aromatic N) is 4. The Labute approximate surface area is 166 Å². The standard InChI is InChI=1S/C21H28N6O/c1-5-20(28)27-10-6-7-17(13-27)24-21-25-19(12-22-26-21)23-16-8-9-18(14(2)3)15(4)11-16/h5,8-9,11-12,14,17H,1,6-7,10,13H2,2-4H3,(H2,23,24,25,26). The van der Waals surface area contributed by atoms with Gasteiger partial charge in [-0.25, -0.2) is 0 Å². The average molecular weight is 380 g/mol. The van der Waals surface area contributed by atoms with E-state index < -0.39 is 0 Å². The van der Waals surface area contributed by atoms with Crippen molar-refractivity contribution in [3.05, 3.63) is 48.2 Å². The Kier molecular flexibility index (Phi) is 6.23. The van der Waals surface area contributed by atoms with Crippen molar-refractivity contribution in [1.82, 2.24) is 20.1 Å². The fraction of sp³-hybridized carbons (Fsp3) is 0.429. The van der Waals surface area contributed by atoms with Crippen LogP contribution in [0.1, 0.15) is 43.7 Å². The molecule has 2 aromatic rings. The van der Waals surface area contributed by atoms with Crippen LogP contribution in [0, 0.1) is 6.92 Å². The average Bonchev–Trinajstić information content (AvgIpc) is 2.67. The number of carbonyl (C=O) groups is 1. The third-order valence-corrected chi connectivity index (χ3v) is 4.96. The normalized spacial score (nSPS) is 16.7. The molecular weight excluding hydrogens is 352 g/mol. The molecule has 1 aromatic heterocycles. The van der Waals surface area contributed by atoms with Gasteiger partial charge in [-0.2, -0.15) is 10.1 Å². The molecule has 1 amide bonds. The molecule has 2 N–H and O–H groups in total. The van der Waals surface area contributed by atoms with E-state index in [0.29, 0.717) is 24.2 Å². The molecule has 1 unspecified atom stereocenters. The third-order valence-electron chi connectivity index (χ3n) is 4.96. The van der Waals surface area contributed by atoms with Crippen molar-refractivity contribution in [3.8, 4) is 0 Å². The van der Waals surface area contributed by atoms with Gasteiger partial charge in [0.25, 0.3) is 0 Å². The zero-order valence-corrected chi connectivity index (χ0v) is 16.8. The molecule has 1 aromatic carbocycles. The first-order valence-corrected chi connectivity index (χ1v) is 9.71. The Morgan fingerprint density at radius 2 is 2.21 bits per heavy atom. The maximum atomic E-state index is 11.8. The molecule has 1 saturated heterocycles. The van der Waals surface area contributed by atoms with Crippen molar-refractivity contribution in [1.29, 1.82) is 0 Å². The van der Waals surface area contributed by atoms with Gasteiger partial charge in [0.05, 0.1) is 6.20 Å². The molecule has 0 bridgehead atoms. The molecular formula is C21H28N6O. The molecule has 1 fully saturated rings. The lowest BCUT2D eigenvalue weighted by Crippen LogP contribution is -2.44. The van der Waals surface area contributed by atoms with E-state index in [9.17, 15) is 4.79 Å². The number of benzene rings is 1. The summed E-state index contributed by atoms with van der Waals surface area (Å²) >= 11 is 0. The highest BCUT2D eigenvalue weighted by atomic mass is 16.2. The van der Waals surface area contributed by atoms with Gasteiger partial charge in [-0.3, -0.25) is 4.79 Å². The topological polar surface area (TPSA) is 83.0 Å². The van der Waals surface area contributed by atoms with E-state index in [4.69, 9.17) is 0 Å². The maximum absolute atomic E-state index is 11.8. The van der Waals surface area contributed by atoms with Crippen LogP contribution in [0.15, 0.2) is 37.1 Å². The van der Waals surface area contributed by atoms with Crippen LogP contribution >= 0.6 is 0 Å². The van der Waals surface area contributed by atoms with Crippen molar-refractivity contribution < 1.29 is 4.79 Å². The van der Waals surface area contributed by atoms with Gasteiger partial charge in [0, 0.05) is 24.8 Å². The number of rotatable bonds is 6. The smallest absolute Gasteiger partial charge is 0.246 e. The lowest BCUT2D eigenvalue weighted by atomic mass is 9.98. The van der Waals surface area contributed by atoms with Crippen LogP contribution in [0.3, 0.4) is 0 Å². The van der Waals surface area contributed by atoms with Gasteiger partial charge in [-0.1, -0.05) is 26.5 Å². The van der Waals surface area contributed by atoms with Crippen molar-refractivity contribution >= 4 is 23.4 Å². The van der Waals surface area contributed by atoms with Crippen LogP contribution in [-0.2, 0) is 4.79 Å². The highest BCUT2D eigenvalue weighted by molar-refractivity contribution is 5.87. The molecule has 148 valence electrons. The van der Waals surface area contributed by atoms with Crippen molar-refractivity contribution in [2.45, 2.75) is 45.6 Å². The predicted molar refractivity (Wildman–Crippen MR) is 112 cm³/mol. The molecule has 0 spiro atoms. The Morgan fingerprint density at radius 3 is 2.93 bits per heavy atom. The van der Waals surface area contributed by atoms with Gasteiger partial charge in [0.1, 0.15) is 0 Å². The van der Waals surface area contributed by atoms with Crippen LogP contribution < -0.4 is 10.6 Å². The first-order valence-electron chi connectivity index (χ1n) is 9.71. The van der Waals surface area contributed by atoms with Crippen LogP contribution in [0.2, 0.25) is 0 Å². The highest BCUT2D eigenvalue weighted by Gasteiger charge is 2.22. The van der Waals surface area contributed by atoms with Crippen LogP contribution in [-0.4, -0.2) is 45.1 Å². The number of piperidine rings is 1. The molecule has 7 nitrogen and oxygen atoms in total. The van der Waals surface area contributed by atoms with E-state index >= 15 is 0 Å². The van der Waals surface area contributed by atoms with Gasteiger partial charge in [0.2, 0.25) is 11.9 Å². The van der Waals surface area contributed by atoms with Crippen molar-refractivity contribution in [2.75, 3.05) is 23.7 Å². The summed E-state index contributed by atoms with van der Waals surface area (Å²) in [6.45, 7) is 11.4. The number of aryl methyl sites for hydroxylation is 1. The Balaban J connectivity index is 1.66. The molecule has 1 atom stereocenters. The fourth-order valence-electron chi connectivity index (χ4n) is 3.58. The minimum atomic E-state index is -0.0406. The molecule has 3 rings (SSSR count). The summed E-state index contributed by atoms with van der Waals surface area (Å²) in [5.41, 5.74) is 3.55. The van der Waals surface area contributed by atoms with Gasteiger partial charge in [-0.05, 0) is 55.0 Å².